The van der Waals surface area contributed by atoms with E-state index in [2.05, 4.69) is 31.3 Å². The molecule has 1 atom stereocenters. The maximum Gasteiger partial charge on any atom is 0.123 e. The fourth-order valence-electron chi connectivity index (χ4n) is 2.15. The van der Waals surface area contributed by atoms with Crippen LogP contribution in [-0.2, 0) is 6.42 Å². The molecule has 102 valence electrons. The topological polar surface area (TPSA) is 12.0 Å². The summed E-state index contributed by atoms with van der Waals surface area (Å²) in [5, 5.41) is 3.52. The Kier molecular flexibility index (Phi) is 4.72. The summed E-state index contributed by atoms with van der Waals surface area (Å²) in [6.45, 7) is 7.18. The van der Waals surface area contributed by atoms with Gasteiger partial charge in [0.25, 0.3) is 0 Å². The van der Waals surface area contributed by atoms with Crippen molar-refractivity contribution in [1.82, 2.24) is 5.32 Å². The summed E-state index contributed by atoms with van der Waals surface area (Å²) >= 11 is 1.84. The summed E-state index contributed by atoms with van der Waals surface area (Å²) in [6.07, 6.45) is 0.931. The number of nitrogens with one attached hydrogen (secondary N) is 1. The number of halogens is 1. The largest absolute Gasteiger partial charge is 0.309 e. The van der Waals surface area contributed by atoms with E-state index in [1.54, 1.807) is 6.07 Å². The smallest absolute Gasteiger partial charge is 0.123 e. The Morgan fingerprint density at radius 1 is 1.21 bits per heavy atom. The number of hydrogen-bond acceptors (Lipinski definition) is 2. The van der Waals surface area contributed by atoms with Crippen molar-refractivity contribution in [3.05, 3.63) is 57.0 Å². The highest BCUT2D eigenvalue weighted by molar-refractivity contribution is 7.12. The molecule has 0 radical (unpaired) electrons. The lowest BCUT2D eigenvalue weighted by atomic mass is 10.1. The van der Waals surface area contributed by atoms with Crippen molar-refractivity contribution in [3.63, 3.8) is 0 Å². The molecule has 0 amide bonds. The summed E-state index contributed by atoms with van der Waals surface area (Å²) in [6, 6.07) is 9.73. The van der Waals surface area contributed by atoms with Crippen molar-refractivity contribution in [2.24, 2.45) is 0 Å². The number of rotatable bonds is 5. The molecule has 1 heterocycles. The molecule has 0 aliphatic heterocycles. The third kappa shape index (κ3) is 3.88. The molecule has 0 fully saturated rings. The Morgan fingerprint density at radius 3 is 2.63 bits per heavy atom. The van der Waals surface area contributed by atoms with E-state index in [9.17, 15) is 4.39 Å². The van der Waals surface area contributed by atoms with Gasteiger partial charge in [-0.15, -0.1) is 11.3 Å². The molecule has 1 nitrogen and oxygen atoms in total. The van der Waals surface area contributed by atoms with Gasteiger partial charge >= 0.3 is 0 Å². The van der Waals surface area contributed by atoms with Gasteiger partial charge in [-0.05, 0) is 69.1 Å². The first kappa shape index (κ1) is 14.2. The Morgan fingerprint density at radius 2 is 2.00 bits per heavy atom. The van der Waals surface area contributed by atoms with E-state index in [0.29, 0.717) is 6.04 Å². The van der Waals surface area contributed by atoms with Gasteiger partial charge in [0.1, 0.15) is 5.82 Å². The molecule has 0 saturated carbocycles. The fraction of sp³-hybridized carbons (Fsp3) is 0.375. The van der Waals surface area contributed by atoms with Crippen LogP contribution in [0.5, 0.6) is 0 Å². The van der Waals surface area contributed by atoms with Gasteiger partial charge in [0.2, 0.25) is 0 Å². The second-order valence-corrected chi connectivity index (χ2v) is 6.26. The first-order valence-electron chi connectivity index (χ1n) is 6.61. The Labute approximate surface area is 118 Å². The first-order valence-corrected chi connectivity index (χ1v) is 7.42. The van der Waals surface area contributed by atoms with Gasteiger partial charge in [-0.1, -0.05) is 6.07 Å². The molecule has 19 heavy (non-hydrogen) atoms. The van der Waals surface area contributed by atoms with Crippen molar-refractivity contribution >= 4 is 11.3 Å². The molecule has 2 aromatic rings. The second-order valence-electron chi connectivity index (χ2n) is 4.95. The van der Waals surface area contributed by atoms with Crippen LogP contribution in [0.2, 0.25) is 0 Å². The molecule has 0 aliphatic carbocycles. The second kappa shape index (κ2) is 6.31. The number of thiophene rings is 1. The van der Waals surface area contributed by atoms with Gasteiger partial charge in [-0.2, -0.15) is 0 Å². The van der Waals surface area contributed by atoms with Gasteiger partial charge < -0.3 is 5.32 Å². The minimum atomic E-state index is -0.156. The molecule has 0 saturated heterocycles. The maximum atomic E-state index is 13.0. The minimum Gasteiger partial charge on any atom is -0.309 e. The molecule has 3 heteroatoms. The normalized spacial score (nSPS) is 12.6. The quantitative estimate of drug-likeness (QED) is 0.854. The van der Waals surface area contributed by atoms with Gasteiger partial charge in [-0.3, -0.25) is 0 Å². The third-order valence-corrected chi connectivity index (χ3v) is 4.52. The minimum absolute atomic E-state index is 0.156. The van der Waals surface area contributed by atoms with E-state index in [1.165, 1.54) is 21.4 Å². The number of aryl methyl sites for hydroxylation is 2. The van der Waals surface area contributed by atoms with E-state index in [4.69, 9.17) is 0 Å². The summed E-state index contributed by atoms with van der Waals surface area (Å²) in [7, 11) is 0. The first-order chi connectivity index (χ1) is 9.06. The van der Waals surface area contributed by atoms with Crippen LogP contribution in [0.4, 0.5) is 4.39 Å². The summed E-state index contributed by atoms with van der Waals surface area (Å²) in [5.74, 6) is -0.156. The summed E-state index contributed by atoms with van der Waals surface area (Å²) in [5.41, 5.74) is 2.24. The molecule has 1 aromatic carbocycles. The fourth-order valence-corrected chi connectivity index (χ4v) is 3.05. The van der Waals surface area contributed by atoms with Crippen LogP contribution in [0.3, 0.4) is 0 Å². The van der Waals surface area contributed by atoms with Gasteiger partial charge in [0.05, 0.1) is 0 Å². The molecular formula is C16H20FNS. The van der Waals surface area contributed by atoms with Gasteiger partial charge in [-0.25, -0.2) is 4.39 Å². The maximum absolute atomic E-state index is 13.0. The van der Waals surface area contributed by atoms with E-state index >= 15 is 0 Å². The van der Waals surface area contributed by atoms with E-state index in [0.717, 1.165) is 18.5 Å². The van der Waals surface area contributed by atoms with Crippen LogP contribution in [0.15, 0.2) is 30.3 Å². The predicted octanol–water partition coefficient (Wildman–Crippen LogP) is 4.40. The molecule has 0 bridgehead atoms. The summed E-state index contributed by atoms with van der Waals surface area (Å²) < 4.78 is 13.0. The lowest BCUT2D eigenvalue weighted by Crippen LogP contribution is -2.20. The van der Waals surface area contributed by atoms with Gasteiger partial charge in [0.15, 0.2) is 0 Å². The predicted molar refractivity (Wildman–Crippen MR) is 80.3 cm³/mol. The monoisotopic (exact) mass is 277 g/mol. The lowest BCUT2D eigenvalue weighted by Gasteiger charge is -2.13. The Balaban J connectivity index is 1.86. The molecule has 1 N–H and O–H groups in total. The average molecular weight is 277 g/mol. The van der Waals surface area contributed by atoms with Crippen LogP contribution >= 0.6 is 11.3 Å². The van der Waals surface area contributed by atoms with Crippen molar-refractivity contribution in [2.45, 2.75) is 33.2 Å². The Bertz CT molecular complexity index is 547. The molecule has 2 rings (SSSR count). The van der Waals surface area contributed by atoms with Crippen LogP contribution in [-0.4, -0.2) is 6.54 Å². The van der Waals surface area contributed by atoms with Crippen molar-refractivity contribution < 1.29 is 4.39 Å². The zero-order valence-electron chi connectivity index (χ0n) is 11.7. The SMILES string of the molecule is Cc1ccc(C(C)NCCc2ccc(F)cc2C)s1. The van der Waals surface area contributed by atoms with Crippen LogP contribution in [0, 0.1) is 19.7 Å². The highest BCUT2D eigenvalue weighted by atomic mass is 32.1. The van der Waals surface area contributed by atoms with Crippen molar-refractivity contribution in [3.8, 4) is 0 Å². The zero-order valence-corrected chi connectivity index (χ0v) is 12.5. The number of benzene rings is 1. The van der Waals surface area contributed by atoms with Crippen LogP contribution < -0.4 is 5.32 Å². The summed E-state index contributed by atoms with van der Waals surface area (Å²) in [4.78, 5) is 2.71. The van der Waals surface area contributed by atoms with Gasteiger partial charge in [0, 0.05) is 15.8 Å². The number of hydrogen-bond donors (Lipinski definition) is 1. The molecule has 1 aromatic heterocycles. The lowest BCUT2D eigenvalue weighted by molar-refractivity contribution is 0.582. The van der Waals surface area contributed by atoms with E-state index < -0.39 is 0 Å². The van der Waals surface area contributed by atoms with E-state index in [-0.39, 0.29) is 5.82 Å². The molecule has 0 aliphatic rings. The van der Waals surface area contributed by atoms with Crippen molar-refractivity contribution in [2.75, 3.05) is 6.54 Å². The standard InChI is InChI=1S/C16H20FNS/c1-11-10-15(17)6-5-14(11)8-9-18-13(3)16-7-4-12(2)19-16/h4-7,10,13,18H,8-9H2,1-3H3. The molecular weight excluding hydrogens is 257 g/mol. The average Bonchev–Trinajstić information content (AvgIpc) is 2.78. The highest BCUT2D eigenvalue weighted by Gasteiger charge is 2.07. The van der Waals surface area contributed by atoms with Crippen LogP contribution in [0.1, 0.15) is 33.8 Å². The van der Waals surface area contributed by atoms with Crippen LogP contribution in [0.25, 0.3) is 0 Å². The molecule has 0 spiro atoms. The van der Waals surface area contributed by atoms with Crippen molar-refractivity contribution in [1.29, 1.82) is 0 Å². The third-order valence-electron chi connectivity index (χ3n) is 3.34. The molecule has 1 unspecified atom stereocenters. The highest BCUT2D eigenvalue weighted by Crippen LogP contribution is 2.22. The van der Waals surface area contributed by atoms with E-state index in [1.807, 2.05) is 24.3 Å². The Hall–Kier alpha value is -1.19. The zero-order chi connectivity index (χ0) is 13.8.